The molecule has 1 aromatic heterocycles. The maximum Gasteiger partial charge on any atom is 0.119 e. The lowest BCUT2D eigenvalue weighted by Gasteiger charge is -2.09. The molecule has 112 valence electrons. The molecule has 0 aliphatic rings. The molecule has 0 aliphatic heterocycles. The highest BCUT2D eigenvalue weighted by Gasteiger charge is 2.04. The van der Waals surface area contributed by atoms with E-state index in [9.17, 15) is 0 Å². The molecule has 1 heterocycles. The Morgan fingerprint density at radius 1 is 1.00 bits per heavy atom. The molecule has 3 rings (SSSR count). The second-order valence-electron chi connectivity index (χ2n) is 5.36. The van der Waals surface area contributed by atoms with Crippen LogP contribution in [0.15, 0.2) is 61.1 Å². The van der Waals surface area contributed by atoms with Crippen LogP contribution in [0.3, 0.4) is 0 Å². The lowest BCUT2D eigenvalue weighted by Crippen LogP contribution is -1.96. The summed E-state index contributed by atoms with van der Waals surface area (Å²) in [7, 11) is 0. The topological polar surface area (TPSA) is 27.1 Å². The van der Waals surface area contributed by atoms with Gasteiger partial charge in [0.05, 0.1) is 18.2 Å². The quantitative estimate of drug-likeness (QED) is 0.694. The van der Waals surface area contributed by atoms with E-state index in [4.69, 9.17) is 4.74 Å². The Kier molecular flexibility index (Phi) is 4.24. The van der Waals surface area contributed by atoms with E-state index in [-0.39, 0.29) is 0 Å². The molecule has 0 amide bonds. The zero-order valence-electron chi connectivity index (χ0n) is 13.0. The first-order valence-corrected chi connectivity index (χ1v) is 7.55. The van der Waals surface area contributed by atoms with Gasteiger partial charge in [-0.15, -0.1) is 0 Å². The summed E-state index contributed by atoms with van der Waals surface area (Å²) >= 11 is 0. The lowest BCUT2D eigenvalue weighted by molar-refractivity contribution is 0.306. The number of benzene rings is 2. The molecule has 3 heteroatoms. The van der Waals surface area contributed by atoms with Gasteiger partial charge >= 0.3 is 0 Å². The minimum atomic E-state index is 0.590. The zero-order valence-corrected chi connectivity index (χ0v) is 13.0. The van der Waals surface area contributed by atoms with E-state index in [0.717, 1.165) is 23.6 Å². The first kappa shape index (κ1) is 14.4. The van der Waals surface area contributed by atoms with Crippen LogP contribution < -0.4 is 4.74 Å². The number of aromatic nitrogens is 2. The summed E-state index contributed by atoms with van der Waals surface area (Å²) in [5.41, 5.74) is 4.73. The first-order chi connectivity index (χ1) is 10.8. The van der Waals surface area contributed by atoms with Crippen LogP contribution in [-0.2, 0) is 13.2 Å². The summed E-state index contributed by atoms with van der Waals surface area (Å²) < 4.78 is 7.97. The molecule has 0 saturated carbocycles. The third kappa shape index (κ3) is 3.19. The Balaban J connectivity index is 1.68. The van der Waals surface area contributed by atoms with Gasteiger partial charge in [-0.25, -0.2) is 4.98 Å². The minimum absolute atomic E-state index is 0.590. The van der Waals surface area contributed by atoms with E-state index in [0.29, 0.717) is 6.61 Å². The predicted molar refractivity (Wildman–Crippen MR) is 88.8 cm³/mol. The standard InChI is InChI=1S/C19H20N2O/c1-3-21-14-20-12-19(21)17-8-10-18(11-9-17)22-13-16-6-4-15(2)5-7-16/h4-12,14H,3,13H2,1-2H3. The second-order valence-corrected chi connectivity index (χ2v) is 5.36. The lowest BCUT2D eigenvalue weighted by atomic mass is 10.1. The highest BCUT2D eigenvalue weighted by Crippen LogP contribution is 2.22. The van der Waals surface area contributed by atoms with E-state index in [2.05, 4.69) is 59.8 Å². The van der Waals surface area contributed by atoms with Gasteiger partial charge in [0.25, 0.3) is 0 Å². The van der Waals surface area contributed by atoms with Gasteiger partial charge in [-0.3, -0.25) is 0 Å². The van der Waals surface area contributed by atoms with Gasteiger partial charge in [0.15, 0.2) is 0 Å². The summed E-state index contributed by atoms with van der Waals surface area (Å²) in [4.78, 5) is 4.21. The Labute approximate surface area is 131 Å². The van der Waals surface area contributed by atoms with Crippen molar-refractivity contribution in [3.05, 3.63) is 72.2 Å². The fourth-order valence-electron chi connectivity index (χ4n) is 2.39. The van der Waals surface area contributed by atoms with Crippen molar-refractivity contribution in [1.82, 2.24) is 9.55 Å². The van der Waals surface area contributed by atoms with E-state index in [1.807, 2.05) is 24.7 Å². The Morgan fingerprint density at radius 3 is 2.41 bits per heavy atom. The molecule has 0 unspecified atom stereocenters. The summed E-state index contributed by atoms with van der Waals surface area (Å²) in [6.07, 6.45) is 3.75. The van der Waals surface area contributed by atoms with Gasteiger partial charge in [0.1, 0.15) is 12.4 Å². The summed E-state index contributed by atoms with van der Waals surface area (Å²) in [5, 5.41) is 0. The number of hydrogen-bond acceptors (Lipinski definition) is 2. The Bertz CT molecular complexity index is 727. The average molecular weight is 292 g/mol. The molecule has 0 saturated heterocycles. The van der Waals surface area contributed by atoms with Gasteiger partial charge in [-0.05, 0) is 43.7 Å². The monoisotopic (exact) mass is 292 g/mol. The molecular formula is C19H20N2O. The minimum Gasteiger partial charge on any atom is -0.489 e. The molecule has 0 aliphatic carbocycles. The molecule has 3 nitrogen and oxygen atoms in total. The largest absolute Gasteiger partial charge is 0.489 e. The third-order valence-electron chi connectivity index (χ3n) is 3.73. The second kappa shape index (κ2) is 6.48. The molecule has 3 aromatic rings. The van der Waals surface area contributed by atoms with Crippen LogP contribution in [-0.4, -0.2) is 9.55 Å². The Morgan fingerprint density at radius 2 is 1.73 bits per heavy atom. The van der Waals surface area contributed by atoms with Crippen LogP contribution in [0.25, 0.3) is 11.3 Å². The number of ether oxygens (including phenoxy) is 1. The number of hydrogen-bond donors (Lipinski definition) is 0. The van der Waals surface area contributed by atoms with E-state index in [1.165, 1.54) is 11.1 Å². The highest BCUT2D eigenvalue weighted by molar-refractivity contribution is 5.59. The van der Waals surface area contributed by atoms with Gasteiger partial charge in [-0.1, -0.05) is 29.8 Å². The van der Waals surface area contributed by atoms with Crippen molar-refractivity contribution >= 4 is 0 Å². The van der Waals surface area contributed by atoms with E-state index in [1.54, 1.807) is 0 Å². The van der Waals surface area contributed by atoms with Gasteiger partial charge in [-0.2, -0.15) is 0 Å². The number of rotatable bonds is 5. The number of nitrogens with zero attached hydrogens (tertiary/aromatic N) is 2. The van der Waals surface area contributed by atoms with Crippen LogP contribution in [0.5, 0.6) is 5.75 Å². The first-order valence-electron chi connectivity index (χ1n) is 7.55. The normalized spacial score (nSPS) is 10.6. The summed E-state index contributed by atoms with van der Waals surface area (Å²) in [6.45, 7) is 5.71. The summed E-state index contributed by atoms with van der Waals surface area (Å²) in [6, 6.07) is 16.6. The molecule has 0 N–H and O–H groups in total. The predicted octanol–water partition coefficient (Wildman–Crippen LogP) is 4.46. The van der Waals surface area contributed by atoms with Gasteiger partial charge < -0.3 is 9.30 Å². The van der Waals surface area contributed by atoms with Crippen LogP contribution in [0.1, 0.15) is 18.1 Å². The molecule has 0 spiro atoms. The maximum absolute atomic E-state index is 5.84. The van der Waals surface area contributed by atoms with E-state index >= 15 is 0 Å². The highest BCUT2D eigenvalue weighted by atomic mass is 16.5. The molecule has 0 bridgehead atoms. The third-order valence-corrected chi connectivity index (χ3v) is 3.73. The molecule has 0 radical (unpaired) electrons. The number of aryl methyl sites for hydroxylation is 2. The van der Waals surface area contributed by atoms with Crippen molar-refractivity contribution in [2.45, 2.75) is 27.0 Å². The smallest absolute Gasteiger partial charge is 0.119 e. The SMILES string of the molecule is CCn1cncc1-c1ccc(OCc2ccc(C)cc2)cc1. The van der Waals surface area contributed by atoms with Crippen LogP contribution in [0.2, 0.25) is 0 Å². The molecule has 0 atom stereocenters. The van der Waals surface area contributed by atoms with Crippen molar-refractivity contribution in [2.75, 3.05) is 0 Å². The van der Waals surface area contributed by atoms with Crippen molar-refractivity contribution in [2.24, 2.45) is 0 Å². The zero-order chi connectivity index (χ0) is 15.4. The van der Waals surface area contributed by atoms with Crippen molar-refractivity contribution in [3.8, 4) is 17.0 Å². The van der Waals surface area contributed by atoms with Crippen molar-refractivity contribution in [1.29, 1.82) is 0 Å². The molecule has 2 aromatic carbocycles. The van der Waals surface area contributed by atoms with Crippen LogP contribution in [0.4, 0.5) is 0 Å². The van der Waals surface area contributed by atoms with Crippen LogP contribution in [0, 0.1) is 6.92 Å². The van der Waals surface area contributed by atoms with E-state index < -0.39 is 0 Å². The summed E-state index contributed by atoms with van der Waals surface area (Å²) in [5.74, 6) is 0.881. The van der Waals surface area contributed by atoms with Crippen molar-refractivity contribution in [3.63, 3.8) is 0 Å². The Hall–Kier alpha value is -2.55. The van der Waals surface area contributed by atoms with Crippen molar-refractivity contribution < 1.29 is 4.74 Å². The molecular weight excluding hydrogens is 272 g/mol. The fourth-order valence-corrected chi connectivity index (χ4v) is 2.39. The molecule has 0 fully saturated rings. The average Bonchev–Trinajstić information content (AvgIpc) is 3.03. The number of imidazole rings is 1. The fraction of sp³-hybridized carbons (Fsp3) is 0.211. The maximum atomic E-state index is 5.84. The van der Waals surface area contributed by atoms with Gasteiger partial charge in [0, 0.05) is 12.1 Å². The molecule has 22 heavy (non-hydrogen) atoms. The van der Waals surface area contributed by atoms with Crippen LogP contribution >= 0.6 is 0 Å². The van der Waals surface area contributed by atoms with Gasteiger partial charge in [0.2, 0.25) is 0 Å².